The molecular weight excluding hydrogens is 231 g/mol. The summed E-state index contributed by atoms with van der Waals surface area (Å²) in [5.41, 5.74) is 1.92. The highest BCUT2D eigenvalue weighted by molar-refractivity contribution is 6.15. The van der Waals surface area contributed by atoms with E-state index >= 15 is 0 Å². The van der Waals surface area contributed by atoms with Gasteiger partial charge in [0.15, 0.2) is 5.78 Å². The van der Waals surface area contributed by atoms with E-state index in [1.54, 1.807) is 30.5 Å². The summed E-state index contributed by atoms with van der Waals surface area (Å²) in [6.07, 6.45) is 2.96. The number of Topliss-reactive ketones (excluding diaryl/α,β-unsaturated/α-hetero) is 1. The molecule has 4 heteroatoms. The molecule has 3 rings (SSSR count). The van der Waals surface area contributed by atoms with Gasteiger partial charge in [0.1, 0.15) is 0 Å². The van der Waals surface area contributed by atoms with Crippen LogP contribution in [0.25, 0.3) is 0 Å². The van der Waals surface area contributed by atoms with Crippen molar-refractivity contribution in [1.82, 2.24) is 4.98 Å². The summed E-state index contributed by atoms with van der Waals surface area (Å²) in [5, 5.41) is 0. The van der Waals surface area contributed by atoms with Crippen molar-refractivity contribution < 1.29 is 9.18 Å². The maximum atomic E-state index is 12.8. The lowest BCUT2D eigenvalue weighted by Crippen LogP contribution is -2.17. The van der Waals surface area contributed by atoms with E-state index < -0.39 is 11.9 Å². The zero-order valence-corrected chi connectivity index (χ0v) is 9.38. The Morgan fingerprint density at radius 2 is 1.94 bits per heavy atom. The third-order valence-corrected chi connectivity index (χ3v) is 2.92. The van der Waals surface area contributed by atoms with Crippen LogP contribution in [0.3, 0.4) is 0 Å². The quantitative estimate of drug-likeness (QED) is 0.719. The second kappa shape index (κ2) is 4.14. The Bertz CT molecular complexity index is 634. The molecule has 0 saturated carbocycles. The zero-order chi connectivity index (χ0) is 12.5. The smallest absolute Gasteiger partial charge is 0.212 e. The average Bonchev–Trinajstić information content (AvgIpc) is 2.41. The maximum absolute atomic E-state index is 12.8. The highest BCUT2D eigenvalue weighted by Gasteiger charge is 2.25. The van der Waals surface area contributed by atoms with Gasteiger partial charge in [-0.25, -0.2) is 4.98 Å². The Balaban J connectivity index is 2.03. The number of ketones is 1. The number of benzene rings is 1. The summed E-state index contributed by atoms with van der Waals surface area (Å²) in [5.74, 6) is -1.07. The summed E-state index contributed by atoms with van der Waals surface area (Å²) < 4.78 is 12.8. The molecular formula is C14H9FN2O. The molecule has 0 amide bonds. The molecule has 1 atom stereocenters. The third kappa shape index (κ3) is 1.72. The van der Waals surface area contributed by atoms with Crippen molar-refractivity contribution in [1.29, 1.82) is 0 Å². The fourth-order valence-electron chi connectivity index (χ4n) is 1.99. The van der Waals surface area contributed by atoms with Crippen LogP contribution in [0.4, 0.5) is 10.1 Å². The summed E-state index contributed by atoms with van der Waals surface area (Å²) in [4.78, 5) is 20.1. The average molecular weight is 240 g/mol. The van der Waals surface area contributed by atoms with E-state index in [0.717, 1.165) is 0 Å². The second-order valence-corrected chi connectivity index (χ2v) is 4.05. The first-order chi connectivity index (χ1) is 8.75. The van der Waals surface area contributed by atoms with Crippen LogP contribution in [-0.2, 0) is 0 Å². The minimum Gasteiger partial charge on any atom is -0.293 e. The Hall–Kier alpha value is -2.36. The monoisotopic (exact) mass is 240 g/mol. The van der Waals surface area contributed by atoms with Crippen LogP contribution in [-0.4, -0.2) is 17.0 Å². The number of aromatic nitrogens is 1. The van der Waals surface area contributed by atoms with Gasteiger partial charge < -0.3 is 0 Å². The number of carbonyl (C=O) groups is 1. The van der Waals surface area contributed by atoms with Gasteiger partial charge in [-0.1, -0.05) is 18.2 Å². The molecule has 0 bridgehead atoms. The van der Waals surface area contributed by atoms with Crippen LogP contribution < -0.4 is 0 Å². The van der Waals surface area contributed by atoms with Gasteiger partial charge in [0.2, 0.25) is 5.95 Å². The molecule has 0 spiro atoms. The number of hydrogen-bond acceptors (Lipinski definition) is 3. The van der Waals surface area contributed by atoms with E-state index in [0.29, 0.717) is 16.8 Å². The number of carbonyl (C=O) groups excluding carboxylic acids is 1. The number of fused-ring (bicyclic) bond motifs is 1. The predicted molar refractivity (Wildman–Crippen MR) is 65.9 cm³/mol. The molecule has 18 heavy (non-hydrogen) atoms. The molecule has 1 aliphatic heterocycles. The van der Waals surface area contributed by atoms with Gasteiger partial charge in [-0.2, -0.15) is 4.39 Å². The van der Waals surface area contributed by atoms with E-state index in [2.05, 4.69) is 9.98 Å². The first-order valence-corrected chi connectivity index (χ1v) is 5.54. The van der Waals surface area contributed by atoms with Gasteiger partial charge >= 0.3 is 0 Å². The van der Waals surface area contributed by atoms with E-state index in [9.17, 15) is 9.18 Å². The van der Waals surface area contributed by atoms with Crippen molar-refractivity contribution in [3.05, 3.63) is 59.7 Å². The molecule has 1 aliphatic rings. The van der Waals surface area contributed by atoms with E-state index in [1.807, 2.05) is 6.07 Å². The lowest BCUT2D eigenvalue weighted by molar-refractivity contribution is 0.0983. The van der Waals surface area contributed by atoms with Gasteiger partial charge in [0.25, 0.3) is 0 Å². The molecule has 0 radical (unpaired) electrons. The Morgan fingerprint density at radius 3 is 2.72 bits per heavy atom. The minimum atomic E-state index is -0.556. The molecule has 3 nitrogen and oxygen atoms in total. The molecule has 1 unspecified atom stereocenters. The van der Waals surface area contributed by atoms with Gasteiger partial charge in [0, 0.05) is 18.0 Å². The number of para-hydroxylation sites is 1. The number of rotatable bonds is 1. The molecule has 1 aromatic carbocycles. The van der Waals surface area contributed by atoms with Crippen molar-refractivity contribution in [2.24, 2.45) is 4.99 Å². The van der Waals surface area contributed by atoms with E-state index in [4.69, 9.17) is 0 Å². The van der Waals surface area contributed by atoms with Crippen molar-refractivity contribution in [3.63, 3.8) is 0 Å². The van der Waals surface area contributed by atoms with E-state index in [-0.39, 0.29) is 5.78 Å². The molecule has 0 N–H and O–H groups in total. The van der Waals surface area contributed by atoms with Crippen LogP contribution in [0.15, 0.2) is 47.6 Å². The lowest BCUT2D eigenvalue weighted by atomic mass is 9.90. The molecule has 0 aliphatic carbocycles. The fourth-order valence-corrected chi connectivity index (χ4v) is 1.99. The van der Waals surface area contributed by atoms with Crippen molar-refractivity contribution in [2.75, 3.05) is 0 Å². The lowest BCUT2D eigenvalue weighted by Gasteiger charge is -2.17. The van der Waals surface area contributed by atoms with Crippen LogP contribution >= 0.6 is 0 Å². The predicted octanol–water partition coefficient (Wildman–Crippen LogP) is 2.90. The highest BCUT2D eigenvalue weighted by Crippen LogP contribution is 2.30. The molecule has 2 aromatic rings. The normalized spacial score (nSPS) is 17.6. The van der Waals surface area contributed by atoms with E-state index in [1.165, 1.54) is 12.3 Å². The van der Waals surface area contributed by atoms with Crippen LogP contribution in [0, 0.1) is 5.95 Å². The number of halogens is 1. The molecule has 1 aromatic heterocycles. The molecule has 0 fully saturated rings. The Labute approximate surface area is 103 Å². The zero-order valence-electron chi connectivity index (χ0n) is 9.38. The molecule has 0 saturated heterocycles. The van der Waals surface area contributed by atoms with Gasteiger partial charge in [-0.3, -0.25) is 9.79 Å². The minimum absolute atomic E-state index is 0.0333. The van der Waals surface area contributed by atoms with Crippen LogP contribution in [0.1, 0.15) is 21.8 Å². The largest absolute Gasteiger partial charge is 0.293 e. The molecule has 88 valence electrons. The first-order valence-electron chi connectivity index (χ1n) is 5.54. The molecule has 2 heterocycles. The summed E-state index contributed by atoms with van der Waals surface area (Å²) in [6, 6.07) is 9.99. The first kappa shape index (κ1) is 10.8. The summed E-state index contributed by atoms with van der Waals surface area (Å²) in [7, 11) is 0. The van der Waals surface area contributed by atoms with Gasteiger partial charge in [0.05, 0.1) is 11.6 Å². The van der Waals surface area contributed by atoms with Crippen LogP contribution in [0.2, 0.25) is 0 Å². The van der Waals surface area contributed by atoms with Crippen molar-refractivity contribution in [2.45, 2.75) is 5.92 Å². The number of nitrogens with zero attached hydrogens (tertiary/aromatic N) is 2. The Morgan fingerprint density at radius 1 is 1.11 bits per heavy atom. The number of pyridine rings is 1. The number of hydrogen-bond donors (Lipinski definition) is 0. The standard InChI is InChI=1S/C14H9FN2O/c15-13-6-5-9(7-17-13)11-8-16-12-4-2-1-3-10(12)14(11)18/h1-8,11H. The van der Waals surface area contributed by atoms with Gasteiger partial charge in [-0.15, -0.1) is 0 Å². The third-order valence-electron chi connectivity index (χ3n) is 2.92. The summed E-state index contributed by atoms with van der Waals surface area (Å²) >= 11 is 0. The Kier molecular flexibility index (Phi) is 2.48. The second-order valence-electron chi connectivity index (χ2n) is 4.05. The van der Waals surface area contributed by atoms with Crippen LogP contribution in [0.5, 0.6) is 0 Å². The van der Waals surface area contributed by atoms with Crippen molar-refractivity contribution >= 4 is 17.7 Å². The van der Waals surface area contributed by atoms with Crippen molar-refractivity contribution in [3.8, 4) is 0 Å². The number of aliphatic imine (C=N–C) groups is 1. The topological polar surface area (TPSA) is 42.3 Å². The summed E-state index contributed by atoms with van der Waals surface area (Å²) in [6.45, 7) is 0. The highest BCUT2D eigenvalue weighted by atomic mass is 19.1. The maximum Gasteiger partial charge on any atom is 0.212 e. The SMILES string of the molecule is O=C1c2ccccc2N=CC1c1ccc(F)nc1. The van der Waals surface area contributed by atoms with Gasteiger partial charge in [-0.05, 0) is 23.8 Å². The fraction of sp³-hybridized carbons (Fsp3) is 0.0714.